The highest BCUT2D eigenvalue weighted by atomic mass is 32.2. The van der Waals surface area contributed by atoms with E-state index in [2.05, 4.69) is 4.98 Å². The number of unbranched alkanes of at least 4 members (excludes halogenated alkanes) is 3. The summed E-state index contributed by atoms with van der Waals surface area (Å²) in [7, 11) is -7.63. The first-order chi connectivity index (χ1) is 10.1. The largest absolute Gasteiger partial charge is 0.340 e. The molecule has 0 bridgehead atoms. The highest BCUT2D eigenvalue weighted by molar-refractivity contribution is 7.99. The Hall–Kier alpha value is -0.140. The Bertz CT molecular complexity index is 533. The minimum Gasteiger partial charge on any atom is -0.329 e. The first-order valence-corrected chi connectivity index (χ1v) is 11.2. The number of aryl methyl sites for hydroxylation is 1. The van der Waals surface area contributed by atoms with Gasteiger partial charge in [-0.2, -0.15) is 0 Å². The van der Waals surface area contributed by atoms with Crippen molar-refractivity contribution in [2.45, 2.75) is 42.7 Å². The molecule has 0 fully saturated rings. The minimum atomic E-state index is -4.78. The molecular weight excluding hydrogens is 350 g/mol. The van der Waals surface area contributed by atoms with Crippen LogP contribution in [0.15, 0.2) is 17.6 Å². The summed E-state index contributed by atoms with van der Waals surface area (Å²) in [6, 6.07) is 0. The molecule has 0 atom stereocenters. The molecule has 0 aliphatic carbocycles. The van der Waals surface area contributed by atoms with Gasteiger partial charge in [0.1, 0.15) is 0 Å². The third-order valence-corrected chi connectivity index (χ3v) is 8.16. The van der Waals surface area contributed by atoms with E-state index < -0.39 is 20.6 Å². The van der Waals surface area contributed by atoms with Gasteiger partial charge in [-0.05, 0) is 12.8 Å². The van der Waals surface area contributed by atoms with Crippen molar-refractivity contribution in [1.82, 2.24) is 9.55 Å². The van der Waals surface area contributed by atoms with E-state index in [-0.39, 0.29) is 6.42 Å². The smallest absolute Gasteiger partial charge is 0.329 e. The fourth-order valence-electron chi connectivity index (χ4n) is 1.97. The molecule has 0 aliphatic heterocycles. The molecule has 8 nitrogen and oxygen atoms in total. The van der Waals surface area contributed by atoms with Crippen molar-refractivity contribution in [2.24, 2.45) is 7.05 Å². The van der Waals surface area contributed by atoms with Crippen molar-refractivity contribution < 1.29 is 28.7 Å². The zero-order valence-electron chi connectivity index (χ0n) is 12.3. The molecule has 1 rings (SSSR count). The number of nitrogens with zero attached hydrogens (tertiary/aromatic N) is 2. The summed E-state index contributed by atoms with van der Waals surface area (Å²) in [5.74, 6) is 0.880. The predicted molar refractivity (Wildman–Crippen MR) is 84.9 cm³/mol. The van der Waals surface area contributed by atoms with Crippen LogP contribution in [0.4, 0.5) is 0 Å². The number of hydrogen-bond acceptors (Lipinski definition) is 4. The van der Waals surface area contributed by atoms with Gasteiger partial charge in [0, 0.05) is 25.2 Å². The molecule has 0 saturated heterocycles. The van der Waals surface area contributed by atoms with Gasteiger partial charge in [0.25, 0.3) is 0 Å². The lowest BCUT2D eigenvalue weighted by Gasteiger charge is -2.19. The number of imidazole rings is 1. The number of thioether (sulfide) groups is 1. The quantitative estimate of drug-likeness (QED) is 0.279. The Balaban J connectivity index is 2.20. The van der Waals surface area contributed by atoms with Gasteiger partial charge in [0.15, 0.2) is 10.6 Å². The van der Waals surface area contributed by atoms with Gasteiger partial charge in [-0.15, -0.1) is 0 Å². The van der Waals surface area contributed by atoms with E-state index in [1.165, 1.54) is 0 Å². The van der Waals surface area contributed by atoms with E-state index in [0.717, 1.165) is 23.8 Å². The van der Waals surface area contributed by atoms with E-state index in [1.54, 1.807) is 18.0 Å². The summed E-state index contributed by atoms with van der Waals surface area (Å²) in [6.45, 7) is 0. The van der Waals surface area contributed by atoms with Crippen LogP contribution in [-0.4, -0.2) is 40.3 Å². The molecule has 1 aromatic heterocycles. The second-order valence-corrected chi connectivity index (χ2v) is 10.1. The van der Waals surface area contributed by atoms with Crippen LogP contribution >= 0.6 is 27.0 Å². The van der Waals surface area contributed by atoms with Crippen LogP contribution in [0.5, 0.6) is 0 Å². The van der Waals surface area contributed by atoms with E-state index in [9.17, 15) is 9.13 Å². The molecule has 1 heterocycles. The van der Waals surface area contributed by atoms with E-state index in [1.807, 2.05) is 17.8 Å². The third kappa shape index (κ3) is 6.96. The number of hydrogen-bond donors (Lipinski definition) is 4. The number of aromatic nitrogens is 2. The SMILES string of the molecule is Cn1ccnc1SCCCCCCC(P(=O)(O)O)P(=O)(O)O. The summed E-state index contributed by atoms with van der Waals surface area (Å²) in [4.78, 5) is 40.1. The maximum atomic E-state index is 11.1. The molecule has 1 aromatic rings. The first-order valence-electron chi connectivity index (χ1n) is 6.83. The lowest BCUT2D eigenvalue weighted by atomic mass is 10.2. The van der Waals surface area contributed by atoms with Crippen molar-refractivity contribution in [2.75, 3.05) is 5.75 Å². The van der Waals surface area contributed by atoms with Crippen molar-refractivity contribution in [1.29, 1.82) is 0 Å². The van der Waals surface area contributed by atoms with Crippen molar-refractivity contribution in [3.05, 3.63) is 12.4 Å². The van der Waals surface area contributed by atoms with Gasteiger partial charge in [-0.25, -0.2) is 4.98 Å². The van der Waals surface area contributed by atoms with Gasteiger partial charge >= 0.3 is 15.2 Å². The fourth-order valence-corrected chi connectivity index (χ4v) is 5.51. The molecule has 0 radical (unpaired) electrons. The monoisotopic (exact) mass is 372 g/mol. The molecular formula is C11H22N2O6P2S. The predicted octanol–water partition coefficient (Wildman–Crippen LogP) is 2.14. The van der Waals surface area contributed by atoms with Crippen LogP contribution in [0, 0.1) is 0 Å². The Morgan fingerprint density at radius 2 is 1.73 bits per heavy atom. The van der Waals surface area contributed by atoms with Gasteiger partial charge < -0.3 is 24.1 Å². The standard InChI is InChI=1S/C11H22N2O6P2S/c1-13-8-7-12-11(13)22-9-5-3-2-4-6-10(20(14,15)16)21(17,18)19/h7-8,10H,2-6,9H2,1H3,(H2,14,15,16)(H2,17,18,19). The van der Waals surface area contributed by atoms with Gasteiger partial charge in [-0.3, -0.25) is 9.13 Å². The second kappa shape index (κ2) is 8.64. The minimum absolute atomic E-state index is 0.166. The third-order valence-electron chi connectivity index (χ3n) is 3.14. The summed E-state index contributed by atoms with van der Waals surface area (Å²) < 4.78 is 24.1. The molecule has 0 spiro atoms. The summed E-state index contributed by atoms with van der Waals surface area (Å²) in [5.41, 5.74) is 0. The molecule has 0 saturated carbocycles. The Kier molecular flexibility index (Phi) is 7.82. The van der Waals surface area contributed by atoms with Gasteiger partial charge in [0.2, 0.25) is 0 Å². The fraction of sp³-hybridized carbons (Fsp3) is 0.727. The number of rotatable bonds is 10. The van der Waals surface area contributed by atoms with E-state index in [0.29, 0.717) is 12.8 Å². The maximum Gasteiger partial charge on any atom is 0.340 e. The maximum absolute atomic E-state index is 11.1. The van der Waals surface area contributed by atoms with Crippen molar-refractivity contribution >= 4 is 27.0 Å². The van der Waals surface area contributed by atoms with Crippen molar-refractivity contribution in [3.63, 3.8) is 0 Å². The molecule has 0 aromatic carbocycles. The highest BCUT2D eigenvalue weighted by Gasteiger charge is 2.42. The van der Waals surface area contributed by atoms with Crippen LogP contribution in [0.1, 0.15) is 32.1 Å². The van der Waals surface area contributed by atoms with Gasteiger partial charge in [-0.1, -0.05) is 31.0 Å². The molecule has 22 heavy (non-hydrogen) atoms. The lowest BCUT2D eigenvalue weighted by Crippen LogP contribution is -2.09. The topological polar surface area (TPSA) is 133 Å². The van der Waals surface area contributed by atoms with Crippen LogP contribution in [0.2, 0.25) is 0 Å². The highest BCUT2D eigenvalue weighted by Crippen LogP contribution is 2.61. The Morgan fingerprint density at radius 3 is 2.23 bits per heavy atom. The first kappa shape index (κ1) is 19.9. The Morgan fingerprint density at radius 1 is 1.14 bits per heavy atom. The summed E-state index contributed by atoms with van der Waals surface area (Å²) in [6.07, 6.45) is 6.24. The van der Waals surface area contributed by atoms with Crippen LogP contribution in [-0.2, 0) is 16.2 Å². The summed E-state index contributed by atoms with van der Waals surface area (Å²) >= 11 is 1.63. The van der Waals surface area contributed by atoms with Gasteiger partial charge in [0.05, 0.1) is 0 Å². The average Bonchev–Trinajstić information content (AvgIpc) is 2.75. The molecule has 0 amide bonds. The van der Waals surface area contributed by atoms with Crippen LogP contribution in [0.3, 0.4) is 0 Å². The zero-order chi connectivity index (χ0) is 16.8. The van der Waals surface area contributed by atoms with Crippen LogP contribution < -0.4 is 0 Å². The molecule has 128 valence electrons. The van der Waals surface area contributed by atoms with E-state index in [4.69, 9.17) is 19.6 Å². The molecule has 4 N–H and O–H groups in total. The lowest BCUT2D eigenvalue weighted by molar-refractivity contribution is 0.333. The normalized spacial score (nSPS) is 13.0. The zero-order valence-corrected chi connectivity index (χ0v) is 14.9. The average molecular weight is 372 g/mol. The second-order valence-electron chi connectivity index (χ2n) is 5.03. The summed E-state index contributed by atoms with van der Waals surface area (Å²) in [5, 5.41) is -0.940. The van der Waals surface area contributed by atoms with E-state index >= 15 is 0 Å². The molecule has 0 unspecified atom stereocenters. The van der Waals surface area contributed by atoms with Crippen molar-refractivity contribution in [3.8, 4) is 0 Å². The van der Waals surface area contributed by atoms with Crippen LogP contribution in [0.25, 0.3) is 0 Å². The molecule has 0 aliphatic rings. The molecule has 11 heteroatoms. The Labute approximate surface area is 133 Å².